The van der Waals surface area contributed by atoms with Gasteiger partial charge >= 0.3 is 0 Å². The fraction of sp³-hybridized carbons (Fsp3) is 0.480. The first kappa shape index (κ1) is 22.1. The summed E-state index contributed by atoms with van der Waals surface area (Å²) in [5.41, 5.74) is 17.0. The molecule has 5 rings (SSSR count). The summed E-state index contributed by atoms with van der Waals surface area (Å²) in [6, 6.07) is 4.50. The molecule has 1 atom stereocenters. The molecule has 2 fully saturated rings. The molecule has 7 nitrogen and oxygen atoms in total. The molecule has 1 amide bonds. The van der Waals surface area contributed by atoms with Gasteiger partial charge in [0.25, 0.3) is 0 Å². The molecule has 1 aliphatic carbocycles. The van der Waals surface area contributed by atoms with Crippen LogP contribution in [0.25, 0.3) is 21.5 Å². The molecule has 1 aliphatic heterocycles. The number of carbonyl (C=O) groups is 1. The molecule has 2 aliphatic rings. The van der Waals surface area contributed by atoms with E-state index in [4.69, 9.17) is 11.5 Å². The summed E-state index contributed by atoms with van der Waals surface area (Å²) in [5, 5.41) is 0. The van der Waals surface area contributed by atoms with Gasteiger partial charge in [-0.1, -0.05) is 13.8 Å². The van der Waals surface area contributed by atoms with Gasteiger partial charge in [0.2, 0.25) is 5.91 Å². The highest BCUT2D eigenvalue weighted by molar-refractivity contribution is 7.19. The zero-order valence-corrected chi connectivity index (χ0v) is 20.3. The number of nitrogens with zero attached hydrogens (tertiary/aromatic N) is 3. The van der Waals surface area contributed by atoms with Crippen LogP contribution >= 0.6 is 11.3 Å². The summed E-state index contributed by atoms with van der Waals surface area (Å²) in [7, 11) is 0. The Labute approximate surface area is 198 Å². The Morgan fingerprint density at radius 3 is 2.88 bits per heavy atom. The molecule has 1 unspecified atom stereocenters. The predicted octanol–water partition coefficient (Wildman–Crippen LogP) is 4.40. The number of hydrogen-bond acceptors (Lipinski definition) is 5. The van der Waals surface area contributed by atoms with Crippen molar-refractivity contribution in [2.45, 2.75) is 51.9 Å². The van der Waals surface area contributed by atoms with Crippen molar-refractivity contribution in [2.75, 3.05) is 19.6 Å². The van der Waals surface area contributed by atoms with Gasteiger partial charge in [0.15, 0.2) is 5.82 Å². The van der Waals surface area contributed by atoms with E-state index in [9.17, 15) is 4.79 Å². The lowest BCUT2D eigenvalue weighted by molar-refractivity contribution is -0.122. The van der Waals surface area contributed by atoms with Crippen molar-refractivity contribution in [2.24, 2.45) is 21.9 Å². The van der Waals surface area contributed by atoms with E-state index >= 15 is 0 Å². The van der Waals surface area contributed by atoms with Gasteiger partial charge in [0, 0.05) is 29.7 Å². The average molecular weight is 465 g/mol. The molecule has 1 saturated carbocycles. The number of aliphatic imine (C=N–C) groups is 1. The topological polar surface area (TPSA) is 113 Å². The smallest absolute Gasteiger partial charge is 0.231 e. The van der Waals surface area contributed by atoms with Crippen molar-refractivity contribution in [3.05, 3.63) is 34.3 Å². The molecule has 4 heterocycles. The standard InChI is InChI=1S/C25H32N6OS/c1-14(2)21-22(17-6-15(3)24(28-9-17)29-13-26)30-18-7-19(33-23(18)21)16-4-5-25(8-16)11-31(12-25)10-20(27)32/h6-7,9,13-14,16,30H,4-5,8,10-12H2,1-3H3,(H2,27,32)(H2,26,28,29). The molecule has 1 spiro atoms. The highest BCUT2D eigenvalue weighted by Crippen LogP contribution is 2.54. The Bertz CT molecular complexity index is 1230. The van der Waals surface area contributed by atoms with Crippen LogP contribution in [0.4, 0.5) is 5.82 Å². The molecular formula is C25H32N6OS. The Kier molecular flexibility index (Phi) is 5.53. The maximum atomic E-state index is 11.2. The second-order valence-electron chi connectivity index (χ2n) is 10.2. The number of likely N-dealkylation sites (tertiary alicyclic amines) is 1. The normalized spacial score (nSPS) is 20.4. The Balaban J connectivity index is 1.41. The van der Waals surface area contributed by atoms with E-state index in [0.717, 1.165) is 29.9 Å². The van der Waals surface area contributed by atoms with Crippen LogP contribution in [0.1, 0.15) is 60.9 Å². The van der Waals surface area contributed by atoms with Gasteiger partial charge in [-0.05, 0) is 66.7 Å². The maximum absolute atomic E-state index is 11.2. The number of primary amides is 1. The molecule has 1 saturated heterocycles. The van der Waals surface area contributed by atoms with Crippen molar-refractivity contribution in [3.8, 4) is 11.3 Å². The Hall–Kier alpha value is -2.71. The summed E-state index contributed by atoms with van der Waals surface area (Å²) in [5.74, 6) is 1.43. The lowest BCUT2D eigenvalue weighted by Crippen LogP contribution is -2.57. The Morgan fingerprint density at radius 1 is 1.42 bits per heavy atom. The second kappa shape index (κ2) is 8.25. The molecule has 3 aromatic heterocycles. The summed E-state index contributed by atoms with van der Waals surface area (Å²) in [6.07, 6.45) is 6.84. The lowest BCUT2D eigenvalue weighted by atomic mass is 9.77. The van der Waals surface area contributed by atoms with Gasteiger partial charge in [-0.3, -0.25) is 9.69 Å². The summed E-state index contributed by atoms with van der Waals surface area (Å²) in [6.45, 7) is 8.93. The van der Waals surface area contributed by atoms with E-state index in [-0.39, 0.29) is 5.91 Å². The average Bonchev–Trinajstić information content (AvgIpc) is 3.41. The van der Waals surface area contributed by atoms with Gasteiger partial charge < -0.3 is 16.5 Å². The van der Waals surface area contributed by atoms with Gasteiger partial charge in [0.05, 0.1) is 28.8 Å². The molecule has 0 radical (unpaired) electrons. The molecule has 0 aromatic carbocycles. The van der Waals surface area contributed by atoms with E-state index < -0.39 is 0 Å². The number of aromatic nitrogens is 2. The third-order valence-corrected chi connectivity index (χ3v) is 8.57. The van der Waals surface area contributed by atoms with Crippen molar-refractivity contribution in [1.29, 1.82) is 0 Å². The zero-order valence-electron chi connectivity index (χ0n) is 19.5. The van der Waals surface area contributed by atoms with Gasteiger partial charge in [-0.2, -0.15) is 0 Å². The number of carbonyl (C=O) groups excluding carboxylic acids is 1. The number of rotatable bonds is 6. The van der Waals surface area contributed by atoms with Crippen molar-refractivity contribution in [3.63, 3.8) is 0 Å². The summed E-state index contributed by atoms with van der Waals surface area (Å²) < 4.78 is 1.36. The number of aromatic amines is 1. The number of amides is 1. The number of H-pyrrole nitrogens is 1. The number of nitrogens with one attached hydrogen (secondary N) is 1. The number of hydrogen-bond donors (Lipinski definition) is 3. The van der Waals surface area contributed by atoms with E-state index in [2.05, 4.69) is 45.8 Å². The molecule has 33 heavy (non-hydrogen) atoms. The summed E-state index contributed by atoms with van der Waals surface area (Å²) in [4.78, 5) is 27.2. The minimum absolute atomic E-state index is 0.226. The van der Waals surface area contributed by atoms with Gasteiger partial charge in [0.1, 0.15) is 0 Å². The van der Waals surface area contributed by atoms with E-state index in [1.54, 1.807) is 0 Å². The molecule has 0 bridgehead atoms. The molecule has 8 heteroatoms. The van der Waals surface area contributed by atoms with Crippen LogP contribution in [0.5, 0.6) is 0 Å². The van der Waals surface area contributed by atoms with Gasteiger partial charge in [-0.15, -0.1) is 11.3 Å². The summed E-state index contributed by atoms with van der Waals surface area (Å²) >= 11 is 1.95. The first-order valence-electron chi connectivity index (χ1n) is 11.7. The van der Waals surface area contributed by atoms with Crippen LogP contribution in [0.2, 0.25) is 0 Å². The lowest BCUT2D eigenvalue weighted by Gasteiger charge is -2.48. The van der Waals surface area contributed by atoms with Crippen LogP contribution in [-0.2, 0) is 4.79 Å². The van der Waals surface area contributed by atoms with Crippen LogP contribution in [0.15, 0.2) is 23.3 Å². The van der Waals surface area contributed by atoms with Crippen LogP contribution in [0, 0.1) is 12.3 Å². The number of aryl methyl sites for hydroxylation is 1. The largest absolute Gasteiger partial charge is 0.390 e. The SMILES string of the molecule is Cc1cc(-c2[nH]c3cc(C4CCC5(C4)CN(CC(N)=O)C5)sc3c2C(C)C)cnc1N=CN. The monoisotopic (exact) mass is 464 g/mol. The molecule has 5 N–H and O–H groups in total. The van der Waals surface area contributed by atoms with Gasteiger partial charge in [-0.25, -0.2) is 9.98 Å². The van der Waals surface area contributed by atoms with Crippen LogP contribution in [-0.4, -0.2) is 46.7 Å². The number of nitrogens with two attached hydrogens (primary N) is 2. The van der Waals surface area contributed by atoms with Crippen molar-refractivity contribution in [1.82, 2.24) is 14.9 Å². The molecule has 174 valence electrons. The molecular weight excluding hydrogens is 432 g/mol. The van der Waals surface area contributed by atoms with E-state index in [1.165, 1.54) is 46.3 Å². The number of thiophene rings is 1. The van der Waals surface area contributed by atoms with Crippen molar-refractivity contribution < 1.29 is 4.79 Å². The first-order valence-corrected chi connectivity index (χ1v) is 12.5. The predicted molar refractivity (Wildman–Crippen MR) is 135 cm³/mol. The highest BCUT2D eigenvalue weighted by Gasteiger charge is 2.48. The molecule has 3 aromatic rings. The Morgan fingerprint density at radius 2 is 2.21 bits per heavy atom. The maximum Gasteiger partial charge on any atom is 0.231 e. The zero-order chi connectivity index (χ0) is 23.3. The van der Waals surface area contributed by atoms with Crippen molar-refractivity contribution >= 4 is 39.6 Å². The fourth-order valence-corrected chi connectivity index (χ4v) is 7.33. The third kappa shape index (κ3) is 3.95. The minimum atomic E-state index is -0.226. The number of pyridine rings is 1. The minimum Gasteiger partial charge on any atom is -0.390 e. The highest BCUT2D eigenvalue weighted by atomic mass is 32.1. The first-order chi connectivity index (χ1) is 15.8. The second-order valence-corrected chi connectivity index (χ2v) is 11.2. The van der Waals surface area contributed by atoms with E-state index in [0.29, 0.717) is 29.6 Å². The number of fused-ring (bicyclic) bond motifs is 1. The third-order valence-electron chi connectivity index (χ3n) is 7.24. The fourth-order valence-electron chi connectivity index (χ4n) is 5.88. The van der Waals surface area contributed by atoms with Crippen LogP contribution < -0.4 is 11.5 Å². The van der Waals surface area contributed by atoms with E-state index in [1.807, 2.05) is 24.5 Å². The van der Waals surface area contributed by atoms with Crippen LogP contribution in [0.3, 0.4) is 0 Å². The quantitative estimate of drug-likeness (QED) is 0.371.